The Labute approximate surface area is 127 Å². The molecule has 0 radical (unpaired) electrons. The standard InChI is InChI=1S/C13H12F4N4O2/c1-23-11(18)13(16,17)12(22,5-21-7-19-6-20-21)9-3-2-8(14)4-10(9)15/h2-4,6-7,18,22H,5H2,1H3. The Morgan fingerprint density at radius 2 is 2.09 bits per heavy atom. The number of benzene rings is 1. The van der Waals surface area contributed by atoms with Crippen LogP contribution in [0, 0.1) is 17.0 Å². The van der Waals surface area contributed by atoms with Gasteiger partial charge in [-0.3, -0.25) is 5.41 Å². The van der Waals surface area contributed by atoms with Gasteiger partial charge in [-0.05, 0) is 12.1 Å². The fourth-order valence-electron chi connectivity index (χ4n) is 2.04. The summed E-state index contributed by atoms with van der Waals surface area (Å²) in [5.41, 5.74) is -4.15. The molecule has 1 unspecified atom stereocenters. The second-order valence-corrected chi connectivity index (χ2v) is 4.69. The summed E-state index contributed by atoms with van der Waals surface area (Å²) in [5.74, 6) is -8.29. The molecular weight excluding hydrogens is 320 g/mol. The van der Waals surface area contributed by atoms with Gasteiger partial charge >= 0.3 is 5.92 Å². The van der Waals surface area contributed by atoms with Gasteiger partial charge in [0.05, 0.1) is 13.7 Å². The first-order valence-corrected chi connectivity index (χ1v) is 6.23. The average Bonchev–Trinajstić information content (AvgIpc) is 2.98. The van der Waals surface area contributed by atoms with Crippen molar-refractivity contribution >= 4 is 5.90 Å². The van der Waals surface area contributed by atoms with E-state index >= 15 is 0 Å². The molecule has 124 valence electrons. The third-order valence-electron chi connectivity index (χ3n) is 3.24. The molecule has 0 aliphatic rings. The zero-order valence-electron chi connectivity index (χ0n) is 11.8. The van der Waals surface area contributed by atoms with Gasteiger partial charge in [0.1, 0.15) is 24.3 Å². The number of halogens is 4. The molecule has 2 rings (SSSR count). The normalized spacial score (nSPS) is 14.3. The summed E-state index contributed by atoms with van der Waals surface area (Å²) in [4.78, 5) is 3.54. The van der Waals surface area contributed by atoms with Crippen LogP contribution in [0.25, 0.3) is 0 Å². The largest absolute Gasteiger partial charge is 0.480 e. The van der Waals surface area contributed by atoms with Crippen molar-refractivity contribution in [3.8, 4) is 0 Å². The van der Waals surface area contributed by atoms with Gasteiger partial charge in [-0.25, -0.2) is 18.4 Å². The maximum absolute atomic E-state index is 14.5. The molecule has 1 aromatic carbocycles. The lowest BCUT2D eigenvalue weighted by molar-refractivity contribution is -0.163. The van der Waals surface area contributed by atoms with Gasteiger partial charge in [-0.15, -0.1) is 0 Å². The quantitative estimate of drug-likeness (QED) is 0.496. The Kier molecular flexibility index (Phi) is 4.37. The Hall–Kier alpha value is -2.49. The smallest absolute Gasteiger partial charge is 0.355 e. The Bertz CT molecular complexity index is 708. The lowest BCUT2D eigenvalue weighted by Gasteiger charge is -2.35. The second kappa shape index (κ2) is 5.95. The Morgan fingerprint density at radius 1 is 1.39 bits per heavy atom. The number of alkyl halides is 2. The van der Waals surface area contributed by atoms with E-state index in [2.05, 4.69) is 14.8 Å². The molecule has 0 saturated heterocycles. The van der Waals surface area contributed by atoms with Crippen LogP contribution in [0.15, 0.2) is 30.9 Å². The monoisotopic (exact) mass is 332 g/mol. The Morgan fingerprint density at radius 3 is 2.61 bits per heavy atom. The van der Waals surface area contributed by atoms with Gasteiger partial charge in [0.15, 0.2) is 5.60 Å². The van der Waals surface area contributed by atoms with E-state index in [-0.39, 0.29) is 0 Å². The number of ether oxygens (including phenoxy) is 1. The maximum Gasteiger partial charge on any atom is 0.355 e. The number of aliphatic hydroxyl groups is 1. The van der Waals surface area contributed by atoms with Gasteiger partial charge in [-0.1, -0.05) is 0 Å². The molecule has 6 nitrogen and oxygen atoms in total. The first-order chi connectivity index (χ1) is 10.7. The molecule has 0 amide bonds. The van der Waals surface area contributed by atoms with E-state index in [4.69, 9.17) is 5.41 Å². The maximum atomic E-state index is 14.5. The summed E-state index contributed by atoms with van der Waals surface area (Å²) >= 11 is 0. The fourth-order valence-corrected chi connectivity index (χ4v) is 2.04. The highest BCUT2D eigenvalue weighted by Crippen LogP contribution is 2.41. The summed E-state index contributed by atoms with van der Waals surface area (Å²) in [6.45, 7) is -0.936. The molecule has 1 heterocycles. The zero-order valence-corrected chi connectivity index (χ0v) is 11.8. The van der Waals surface area contributed by atoms with Gasteiger partial charge < -0.3 is 9.84 Å². The predicted octanol–water partition coefficient (Wildman–Crippen LogP) is 1.70. The van der Waals surface area contributed by atoms with Crippen LogP contribution in [0.3, 0.4) is 0 Å². The summed E-state index contributed by atoms with van der Waals surface area (Å²) in [5, 5.41) is 21.3. The van der Waals surface area contributed by atoms with Crippen molar-refractivity contribution in [1.82, 2.24) is 14.8 Å². The molecule has 2 N–H and O–H groups in total. The highest BCUT2D eigenvalue weighted by atomic mass is 19.3. The van der Waals surface area contributed by atoms with Crippen LogP contribution in [0.4, 0.5) is 17.6 Å². The molecule has 1 atom stereocenters. The van der Waals surface area contributed by atoms with E-state index in [0.717, 1.165) is 30.5 Å². The molecule has 0 bridgehead atoms. The average molecular weight is 332 g/mol. The number of hydrogen-bond acceptors (Lipinski definition) is 5. The van der Waals surface area contributed by atoms with Gasteiger partial charge in [0, 0.05) is 11.6 Å². The number of nitrogens with one attached hydrogen (secondary N) is 1. The van der Waals surface area contributed by atoms with Crippen molar-refractivity contribution in [1.29, 1.82) is 5.41 Å². The molecule has 0 aliphatic carbocycles. The van der Waals surface area contributed by atoms with E-state index in [1.807, 2.05) is 0 Å². The number of aromatic nitrogens is 3. The van der Waals surface area contributed by atoms with Crippen molar-refractivity contribution in [2.45, 2.75) is 18.1 Å². The van der Waals surface area contributed by atoms with Crippen molar-refractivity contribution in [2.75, 3.05) is 7.11 Å². The minimum atomic E-state index is -4.31. The van der Waals surface area contributed by atoms with Gasteiger partial charge in [-0.2, -0.15) is 13.9 Å². The minimum Gasteiger partial charge on any atom is -0.480 e. The number of hydrogen-bond donors (Lipinski definition) is 2. The first kappa shape index (κ1) is 16.9. The van der Waals surface area contributed by atoms with Crippen molar-refractivity contribution in [3.63, 3.8) is 0 Å². The van der Waals surface area contributed by atoms with E-state index < -0.39 is 41.2 Å². The molecule has 0 spiro atoms. The van der Waals surface area contributed by atoms with Crippen molar-refractivity contribution < 1.29 is 27.4 Å². The number of methoxy groups -OCH3 is 1. The second-order valence-electron chi connectivity index (χ2n) is 4.69. The molecule has 0 aliphatic heterocycles. The molecule has 0 saturated carbocycles. The third-order valence-corrected chi connectivity index (χ3v) is 3.24. The van der Waals surface area contributed by atoms with Crippen LogP contribution in [-0.2, 0) is 16.9 Å². The predicted molar refractivity (Wildman–Crippen MR) is 70.0 cm³/mol. The summed E-state index contributed by atoms with van der Waals surface area (Å²) < 4.78 is 61.0. The number of nitrogens with zero attached hydrogens (tertiary/aromatic N) is 3. The summed E-state index contributed by atoms with van der Waals surface area (Å²) in [6.07, 6.45) is 2.06. The summed E-state index contributed by atoms with van der Waals surface area (Å²) in [7, 11) is 0.813. The molecular formula is C13H12F4N4O2. The van der Waals surface area contributed by atoms with Crippen molar-refractivity contribution in [3.05, 3.63) is 48.1 Å². The van der Waals surface area contributed by atoms with E-state index in [9.17, 15) is 22.7 Å². The van der Waals surface area contributed by atoms with Gasteiger partial charge in [0.25, 0.3) is 5.90 Å². The molecule has 2 aromatic rings. The SMILES string of the molecule is COC(=N)C(F)(F)C(O)(Cn1cncn1)c1ccc(F)cc1F. The minimum absolute atomic E-state index is 0.355. The molecule has 1 aromatic heterocycles. The van der Waals surface area contributed by atoms with Crippen molar-refractivity contribution in [2.24, 2.45) is 0 Å². The molecule has 0 fully saturated rings. The van der Waals surface area contributed by atoms with Crippen LogP contribution >= 0.6 is 0 Å². The lowest BCUT2D eigenvalue weighted by atomic mass is 9.86. The molecule has 23 heavy (non-hydrogen) atoms. The fraction of sp³-hybridized carbons (Fsp3) is 0.308. The van der Waals surface area contributed by atoms with E-state index in [1.54, 1.807) is 0 Å². The first-order valence-electron chi connectivity index (χ1n) is 6.23. The van der Waals surface area contributed by atoms with Crippen LogP contribution in [0.2, 0.25) is 0 Å². The lowest BCUT2D eigenvalue weighted by Crippen LogP contribution is -2.54. The van der Waals surface area contributed by atoms with Gasteiger partial charge in [0.2, 0.25) is 0 Å². The Balaban J connectivity index is 2.61. The zero-order chi connectivity index (χ0) is 17.3. The van der Waals surface area contributed by atoms with Crippen LogP contribution in [0.5, 0.6) is 0 Å². The van der Waals surface area contributed by atoms with Crippen LogP contribution in [-0.4, -0.2) is 38.8 Å². The topological polar surface area (TPSA) is 84.0 Å². The third kappa shape index (κ3) is 2.89. The highest BCUT2D eigenvalue weighted by molar-refractivity contribution is 5.82. The van der Waals surface area contributed by atoms with Crippen LogP contribution in [0.1, 0.15) is 5.56 Å². The number of rotatable bonds is 5. The van der Waals surface area contributed by atoms with E-state index in [1.165, 1.54) is 0 Å². The highest BCUT2D eigenvalue weighted by Gasteiger charge is 2.60. The van der Waals surface area contributed by atoms with E-state index in [0.29, 0.717) is 12.1 Å². The summed E-state index contributed by atoms with van der Waals surface area (Å²) in [6, 6.07) is 1.75. The van der Waals surface area contributed by atoms with Crippen LogP contribution < -0.4 is 0 Å². The molecule has 10 heteroatoms.